The molecule has 7 nitrogen and oxygen atoms in total. The highest BCUT2D eigenvalue weighted by atomic mass is 35.5. The van der Waals surface area contributed by atoms with E-state index in [0.717, 1.165) is 10.6 Å². The molecule has 0 radical (unpaired) electrons. The number of anilines is 1. The van der Waals surface area contributed by atoms with Gasteiger partial charge in [0.1, 0.15) is 17.9 Å². The molecule has 0 saturated heterocycles. The lowest BCUT2D eigenvalue weighted by molar-refractivity contribution is -0.116. The van der Waals surface area contributed by atoms with Gasteiger partial charge in [0.15, 0.2) is 0 Å². The quantitative estimate of drug-likeness (QED) is 0.765. The lowest BCUT2D eigenvalue weighted by atomic mass is 10.3. The lowest BCUT2D eigenvalue weighted by Gasteiger charge is -2.07. The molecule has 0 unspecified atom stereocenters. The van der Waals surface area contributed by atoms with Crippen molar-refractivity contribution in [2.45, 2.75) is 6.54 Å². The highest BCUT2D eigenvalue weighted by molar-refractivity contribution is 6.31. The summed E-state index contributed by atoms with van der Waals surface area (Å²) >= 11 is 5.67. The average Bonchev–Trinajstić information content (AvgIpc) is 2.92. The van der Waals surface area contributed by atoms with E-state index in [1.807, 2.05) is 0 Å². The zero-order valence-electron chi connectivity index (χ0n) is 13.0. The van der Waals surface area contributed by atoms with Gasteiger partial charge in [0.25, 0.3) is 11.1 Å². The highest BCUT2D eigenvalue weighted by Crippen LogP contribution is 2.19. The molecule has 25 heavy (non-hydrogen) atoms. The summed E-state index contributed by atoms with van der Waals surface area (Å²) in [6, 6.07) is 6.45. The molecular weight excluding hydrogens is 351 g/mol. The van der Waals surface area contributed by atoms with Crippen molar-refractivity contribution in [3.05, 3.63) is 68.2 Å². The van der Waals surface area contributed by atoms with Crippen molar-refractivity contribution in [2.24, 2.45) is 7.05 Å². The Morgan fingerprint density at radius 3 is 2.76 bits per heavy atom. The Balaban J connectivity index is 1.93. The minimum atomic E-state index is -0.593. The highest BCUT2D eigenvalue weighted by Gasteiger charge is 2.12. The van der Waals surface area contributed by atoms with Gasteiger partial charge < -0.3 is 9.88 Å². The second-order valence-electron chi connectivity index (χ2n) is 5.32. The van der Waals surface area contributed by atoms with Crippen molar-refractivity contribution in [1.82, 2.24) is 14.1 Å². The summed E-state index contributed by atoms with van der Waals surface area (Å²) in [5.74, 6) is -1.05. The van der Waals surface area contributed by atoms with Gasteiger partial charge in [-0.15, -0.1) is 0 Å². The monoisotopic (exact) mass is 362 g/mol. The van der Waals surface area contributed by atoms with Crippen molar-refractivity contribution in [2.75, 3.05) is 5.32 Å². The van der Waals surface area contributed by atoms with Crippen molar-refractivity contribution in [3.63, 3.8) is 0 Å². The van der Waals surface area contributed by atoms with Gasteiger partial charge in [-0.1, -0.05) is 11.6 Å². The summed E-state index contributed by atoms with van der Waals surface area (Å²) < 4.78 is 15.4. The number of carbonyl (C=O) groups excluding carboxylic acids is 1. The van der Waals surface area contributed by atoms with E-state index in [-0.39, 0.29) is 17.1 Å². The number of carbonyl (C=O) groups is 1. The molecule has 128 valence electrons. The Morgan fingerprint density at radius 2 is 2.04 bits per heavy atom. The topological polar surface area (TPSA) is 86.0 Å². The van der Waals surface area contributed by atoms with Crippen molar-refractivity contribution < 1.29 is 9.18 Å². The Hall–Kier alpha value is -3.00. The largest absolute Gasteiger partial charge is 0.324 e. The van der Waals surface area contributed by atoms with Gasteiger partial charge in [-0.3, -0.25) is 19.0 Å². The second-order valence-corrected chi connectivity index (χ2v) is 5.73. The third-order valence-corrected chi connectivity index (χ3v) is 3.89. The van der Waals surface area contributed by atoms with Crippen LogP contribution in [0.5, 0.6) is 0 Å². The van der Waals surface area contributed by atoms with Crippen LogP contribution < -0.4 is 16.4 Å². The minimum Gasteiger partial charge on any atom is -0.324 e. The minimum absolute atomic E-state index is 0.116. The van der Waals surface area contributed by atoms with Gasteiger partial charge in [-0.05, 0) is 24.3 Å². The second kappa shape index (κ2) is 6.48. The molecule has 2 heterocycles. The maximum Gasteiger partial charge on any atom is 0.279 e. The molecule has 0 spiro atoms. The van der Waals surface area contributed by atoms with Crippen LogP contribution >= 0.6 is 11.6 Å². The molecule has 0 bridgehead atoms. The Kier molecular flexibility index (Phi) is 4.37. The van der Waals surface area contributed by atoms with Crippen molar-refractivity contribution in [1.29, 1.82) is 0 Å². The summed E-state index contributed by atoms with van der Waals surface area (Å²) in [5.41, 5.74) is -0.265. The van der Waals surface area contributed by atoms with Crippen LogP contribution in [0, 0.1) is 5.82 Å². The van der Waals surface area contributed by atoms with Crippen LogP contribution in [-0.2, 0) is 18.4 Å². The van der Waals surface area contributed by atoms with E-state index in [1.165, 1.54) is 42.2 Å². The Bertz CT molecular complexity index is 1110. The van der Waals surface area contributed by atoms with Gasteiger partial charge >= 0.3 is 0 Å². The number of nitrogens with zero attached hydrogens (tertiary/aromatic N) is 3. The molecule has 1 aromatic carbocycles. The molecule has 1 amide bonds. The first-order valence-electron chi connectivity index (χ1n) is 7.17. The van der Waals surface area contributed by atoms with Gasteiger partial charge in [0.2, 0.25) is 5.91 Å². The Morgan fingerprint density at radius 1 is 1.28 bits per heavy atom. The van der Waals surface area contributed by atoms with Crippen molar-refractivity contribution in [3.8, 4) is 0 Å². The summed E-state index contributed by atoms with van der Waals surface area (Å²) in [7, 11) is 1.35. The van der Waals surface area contributed by atoms with E-state index in [1.54, 1.807) is 0 Å². The molecule has 0 aliphatic carbocycles. The van der Waals surface area contributed by atoms with E-state index in [4.69, 9.17) is 11.6 Å². The fraction of sp³-hybridized carbons (Fsp3) is 0.125. The molecule has 0 atom stereocenters. The first kappa shape index (κ1) is 16.8. The number of hydrogen-bond donors (Lipinski definition) is 1. The number of halogens is 2. The van der Waals surface area contributed by atoms with E-state index in [2.05, 4.69) is 10.3 Å². The van der Waals surface area contributed by atoms with E-state index in [0.29, 0.717) is 11.2 Å². The number of hydrogen-bond acceptors (Lipinski definition) is 4. The maximum absolute atomic E-state index is 13.1. The van der Waals surface area contributed by atoms with Crippen LogP contribution in [0.15, 0.2) is 46.2 Å². The Labute approximate surface area is 145 Å². The zero-order valence-corrected chi connectivity index (χ0v) is 13.7. The van der Waals surface area contributed by atoms with Gasteiger partial charge in [-0.25, -0.2) is 9.37 Å². The van der Waals surface area contributed by atoms with E-state index in [9.17, 15) is 18.8 Å². The molecule has 1 N–H and O–H groups in total. The summed E-state index contributed by atoms with van der Waals surface area (Å²) in [4.78, 5) is 40.3. The van der Waals surface area contributed by atoms with Gasteiger partial charge in [0.05, 0.1) is 16.9 Å². The molecule has 0 aliphatic rings. The average molecular weight is 363 g/mol. The number of amides is 1. The summed E-state index contributed by atoms with van der Waals surface area (Å²) in [5, 5.41) is 2.44. The number of fused-ring (bicyclic) bond motifs is 1. The molecule has 0 aliphatic heterocycles. The number of nitrogens with one attached hydrogen (secondary N) is 1. The smallest absolute Gasteiger partial charge is 0.279 e. The van der Waals surface area contributed by atoms with E-state index >= 15 is 0 Å². The van der Waals surface area contributed by atoms with Crippen LogP contribution in [0.4, 0.5) is 10.1 Å². The first-order valence-corrected chi connectivity index (χ1v) is 7.54. The molecule has 0 saturated carbocycles. The fourth-order valence-electron chi connectivity index (χ4n) is 2.32. The lowest BCUT2D eigenvalue weighted by Crippen LogP contribution is -2.28. The van der Waals surface area contributed by atoms with Crippen LogP contribution in [-0.4, -0.2) is 20.0 Å². The molecule has 0 fully saturated rings. The van der Waals surface area contributed by atoms with E-state index < -0.39 is 22.8 Å². The third-order valence-electron chi connectivity index (χ3n) is 3.60. The van der Waals surface area contributed by atoms with Crippen LogP contribution in [0.25, 0.3) is 11.0 Å². The first-order chi connectivity index (χ1) is 11.9. The standard InChI is InChI=1S/C16H12ClFN4O3/c1-21-14(24)5-4-12-15(16(21)25)22(8-19-12)7-13(23)20-9-2-3-11(18)10(17)6-9/h2-6,8H,7H2,1H3,(H,20,23). The molecule has 2 aromatic heterocycles. The summed E-state index contributed by atoms with van der Waals surface area (Å²) in [6.07, 6.45) is 1.34. The van der Waals surface area contributed by atoms with Crippen molar-refractivity contribution >= 4 is 34.2 Å². The number of benzene rings is 1. The normalized spacial score (nSPS) is 10.8. The number of imidazole rings is 1. The van der Waals surface area contributed by atoms with Gasteiger partial charge in [0, 0.05) is 18.8 Å². The fourth-order valence-corrected chi connectivity index (χ4v) is 2.50. The number of rotatable bonds is 3. The predicted octanol–water partition coefficient (Wildman–Crippen LogP) is 1.53. The SMILES string of the molecule is Cn1c(=O)ccc2ncn(CC(=O)Nc3ccc(F)c(Cl)c3)c2c1=O. The zero-order chi connectivity index (χ0) is 18.1. The third kappa shape index (κ3) is 3.29. The van der Waals surface area contributed by atoms with Crippen LogP contribution in [0.3, 0.4) is 0 Å². The maximum atomic E-state index is 13.1. The summed E-state index contributed by atoms with van der Waals surface area (Å²) in [6.45, 7) is -0.209. The molecule has 3 rings (SSSR count). The molecule has 3 aromatic rings. The van der Waals surface area contributed by atoms with Crippen LogP contribution in [0.2, 0.25) is 5.02 Å². The predicted molar refractivity (Wildman–Crippen MR) is 91.3 cm³/mol. The molecular formula is C16H12ClFN4O3. The number of aromatic nitrogens is 3. The van der Waals surface area contributed by atoms with Crippen LogP contribution in [0.1, 0.15) is 0 Å². The molecule has 9 heteroatoms. The van der Waals surface area contributed by atoms with Gasteiger partial charge in [-0.2, -0.15) is 0 Å².